The number of nitrogens with one attached hydrogen (secondary N) is 1. The zero-order valence-corrected chi connectivity index (χ0v) is 18.6. The van der Waals surface area contributed by atoms with Gasteiger partial charge in [0.1, 0.15) is 0 Å². The first-order chi connectivity index (χ1) is 14.7. The van der Waals surface area contributed by atoms with Gasteiger partial charge in [-0.3, -0.25) is 4.79 Å². The van der Waals surface area contributed by atoms with E-state index < -0.39 is 0 Å². The Morgan fingerprint density at radius 2 is 2.10 bits per heavy atom. The van der Waals surface area contributed by atoms with Gasteiger partial charge in [-0.15, -0.1) is 0 Å². The van der Waals surface area contributed by atoms with Gasteiger partial charge in [-0.1, -0.05) is 18.2 Å². The summed E-state index contributed by atoms with van der Waals surface area (Å²) in [7, 11) is 1.67. The van der Waals surface area contributed by atoms with Crippen molar-refractivity contribution in [2.45, 2.75) is 25.8 Å². The predicted molar refractivity (Wildman–Crippen MR) is 123 cm³/mol. The molecule has 1 aliphatic rings. The van der Waals surface area contributed by atoms with Crippen LogP contribution < -0.4 is 9.47 Å². The highest BCUT2D eigenvalue weighted by Crippen LogP contribution is 2.40. The lowest BCUT2D eigenvalue weighted by atomic mass is 9.88. The van der Waals surface area contributed by atoms with Crippen molar-refractivity contribution in [1.29, 1.82) is 0 Å². The zero-order chi connectivity index (χ0) is 21.1. The molecule has 0 aliphatic carbocycles. The number of carbonyl (C=O) groups is 1. The average molecular weight is 425 g/mol. The molecule has 1 aliphatic heterocycles. The Hall–Kier alpha value is -2.60. The lowest BCUT2D eigenvalue weighted by Gasteiger charge is -2.38. The lowest BCUT2D eigenvalue weighted by molar-refractivity contribution is -0.131. The standard InChI is InChI=1S/C24H28N2O3S/c1-4-29-23-13-19-16(12-22(23)28-2)9-10-26(24(27)15-30-3)21(19)11-17-14-25-20-8-6-5-7-18(17)20/h5-8,12-14,21,25H,4,9-11,15H2,1-3H3/t21-/m0/s1. The van der Waals surface area contributed by atoms with E-state index in [1.54, 1.807) is 18.9 Å². The second kappa shape index (κ2) is 9.04. The van der Waals surface area contributed by atoms with E-state index in [2.05, 4.69) is 41.5 Å². The van der Waals surface area contributed by atoms with Crippen LogP contribution in [0.4, 0.5) is 0 Å². The molecule has 1 atom stereocenters. The molecule has 2 aromatic carbocycles. The van der Waals surface area contributed by atoms with Crippen LogP contribution in [-0.4, -0.2) is 48.1 Å². The maximum absolute atomic E-state index is 13.0. The Morgan fingerprint density at radius 3 is 2.87 bits per heavy atom. The largest absolute Gasteiger partial charge is 0.493 e. The van der Waals surface area contributed by atoms with Crippen LogP contribution in [-0.2, 0) is 17.6 Å². The normalized spacial score (nSPS) is 15.8. The molecule has 2 heterocycles. The summed E-state index contributed by atoms with van der Waals surface area (Å²) in [5.74, 6) is 2.17. The molecule has 0 bridgehead atoms. The Morgan fingerprint density at radius 1 is 1.27 bits per heavy atom. The molecule has 0 radical (unpaired) electrons. The van der Waals surface area contributed by atoms with Crippen LogP contribution in [0.25, 0.3) is 10.9 Å². The van der Waals surface area contributed by atoms with Crippen LogP contribution >= 0.6 is 11.8 Å². The number of carbonyl (C=O) groups excluding carboxylic acids is 1. The van der Waals surface area contributed by atoms with Gasteiger partial charge in [-0.25, -0.2) is 0 Å². The third-order valence-corrected chi connectivity index (χ3v) is 6.29. The maximum atomic E-state index is 13.0. The molecule has 0 fully saturated rings. The Kier molecular flexibility index (Phi) is 6.23. The molecule has 0 spiro atoms. The molecule has 1 N–H and O–H groups in total. The highest BCUT2D eigenvalue weighted by molar-refractivity contribution is 7.99. The maximum Gasteiger partial charge on any atom is 0.233 e. The summed E-state index contributed by atoms with van der Waals surface area (Å²) in [4.78, 5) is 18.4. The van der Waals surface area contributed by atoms with Crippen LogP contribution in [0.5, 0.6) is 11.5 Å². The summed E-state index contributed by atoms with van der Waals surface area (Å²) in [6.07, 6.45) is 5.63. The number of hydrogen-bond donors (Lipinski definition) is 1. The second-order valence-corrected chi connectivity index (χ2v) is 8.35. The summed E-state index contributed by atoms with van der Waals surface area (Å²) in [5.41, 5.74) is 4.73. The summed E-state index contributed by atoms with van der Waals surface area (Å²) in [5, 5.41) is 1.21. The first-order valence-corrected chi connectivity index (χ1v) is 11.7. The summed E-state index contributed by atoms with van der Waals surface area (Å²) >= 11 is 1.57. The van der Waals surface area contributed by atoms with E-state index in [0.717, 1.165) is 42.0 Å². The van der Waals surface area contributed by atoms with E-state index in [4.69, 9.17) is 9.47 Å². The number of amides is 1. The van der Waals surface area contributed by atoms with Crippen molar-refractivity contribution in [1.82, 2.24) is 9.88 Å². The zero-order valence-electron chi connectivity index (χ0n) is 17.7. The van der Waals surface area contributed by atoms with Crippen molar-refractivity contribution in [3.63, 3.8) is 0 Å². The van der Waals surface area contributed by atoms with Crippen molar-refractivity contribution in [2.24, 2.45) is 0 Å². The Balaban J connectivity index is 1.78. The topological polar surface area (TPSA) is 54.6 Å². The number of methoxy groups -OCH3 is 1. The molecule has 5 nitrogen and oxygen atoms in total. The lowest BCUT2D eigenvalue weighted by Crippen LogP contribution is -2.42. The second-order valence-electron chi connectivity index (χ2n) is 7.48. The van der Waals surface area contributed by atoms with Gasteiger partial charge in [-0.05, 0) is 60.9 Å². The molecular formula is C24H28N2O3S. The molecule has 158 valence electrons. The fraction of sp³-hybridized carbons (Fsp3) is 0.375. The molecule has 1 amide bonds. The number of H-pyrrole nitrogens is 1. The molecule has 0 unspecified atom stereocenters. The molecule has 3 aromatic rings. The van der Waals surface area contributed by atoms with Crippen LogP contribution in [0, 0.1) is 0 Å². The number of para-hydroxylation sites is 1. The van der Waals surface area contributed by atoms with E-state index in [0.29, 0.717) is 12.4 Å². The van der Waals surface area contributed by atoms with Gasteiger partial charge in [0.15, 0.2) is 11.5 Å². The van der Waals surface area contributed by atoms with Gasteiger partial charge in [-0.2, -0.15) is 11.8 Å². The van der Waals surface area contributed by atoms with Crippen LogP contribution in [0.15, 0.2) is 42.6 Å². The van der Waals surface area contributed by atoms with E-state index in [1.165, 1.54) is 16.5 Å². The minimum absolute atomic E-state index is 0.0299. The number of hydrogen-bond acceptors (Lipinski definition) is 4. The fourth-order valence-corrected chi connectivity index (χ4v) is 4.78. The van der Waals surface area contributed by atoms with Crippen molar-refractivity contribution in [3.05, 3.63) is 59.3 Å². The van der Waals surface area contributed by atoms with Crippen molar-refractivity contribution < 1.29 is 14.3 Å². The number of aromatic amines is 1. The molecular weight excluding hydrogens is 396 g/mol. The fourth-order valence-electron chi connectivity index (χ4n) is 4.37. The quantitative estimate of drug-likeness (QED) is 0.602. The molecule has 6 heteroatoms. The summed E-state index contributed by atoms with van der Waals surface area (Å²) < 4.78 is 11.4. The van der Waals surface area contributed by atoms with Crippen LogP contribution in [0.2, 0.25) is 0 Å². The number of thioether (sulfide) groups is 1. The first-order valence-electron chi connectivity index (χ1n) is 10.3. The third kappa shape index (κ3) is 3.88. The smallest absolute Gasteiger partial charge is 0.233 e. The number of aromatic nitrogens is 1. The molecule has 4 rings (SSSR count). The van der Waals surface area contributed by atoms with E-state index in [1.807, 2.05) is 24.1 Å². The highest BCUT2D eigenvalue weighted by Gasteiger charge is 2.32. The van der Waals surface area contributed by atoms with Gasteiger partial charge in [0, 0.05) is 23.6 Å². The Labute approximate surface area is 181 Å². The summed E-state index contributed by atoms with van der Waals surface area (Å²) in [6, 6.07) is 12.4. The van der Waals surface area contributed by atoms with Crippen LogP contribution in [0.1, 0.15) is 29.7 Å². The third-order valence-electron chi connectivity index (χ3n) is 5.76. The van der Waals surface area contributed by atoms with Gasteiger partial charge in [0.05, 0.1) is 25.5 Å². The minimum Gasteiger partial charge on any atom is -0.493 e. The molecule has 30 heavy (non-hydrogen) atoms. The van der Waals surface area contributed by atoms with Gasteiger partial charge < -0.3 is 19.4 Å². The van der Waals surface area contributed by atoms with Crippen molar-refractivity contribution in [2.75, 3.05) is 32.3 Å². The Bertz CT molecular complexity index is 1050. The van der Waals surface area contributed by atoms with E-state index >= 15 is 0 Å². The molecule has 1 aromatic heterocycles. The summed E-state index contributed by atoms with van der Waals surface area (Å²) in [6.45, 7) is 3.25. The molecule has 0 saturated heterocycles. The van der Waals surface area contributed by atoms with Gasteiger partial charge in [0.2, 0.25) is 5.91 Å². The average Bonchev–Trinajstić information content (AvgIpc) is 3.17. The van der Waals surface area contributed by atoms with Crippen molar-refractivity contribution >= 4 is 28.6 Å². The number of benzene rings is 2. The predicted octanol–water partition coefficient (Wildman–Crippen LogP) is 4.61. The molecule has 0 saturated carbocycles. The minimum atomic E-state index is -0.0299. The van der Waals surface area contributed by atoms with E-state index in [9.17, 15) is 4.79 Å². The number of nitrogens with zero attached hydrogens (tertiary/aromatic N) is 1. The van der Waals surface area contributed by atoms with E-state index in [-0.39, 0.29) is 11.9 Å². The van der Waals surface area contributed by atoms with Crippen molar-refractivity contribution in [3.8, 4) is 11.5 Å². The number of fused-ring (bicyclic) bond motifs is 2. The van der Waals surface area contributed by atoms with Gasteiger partial charge in [0.25, 0.3) is 0 Å². The number of rotatable bonds is 7. The first kappa shape index (κ1) is 20.7. The SMILES string of the molecule is CCOc1cc2c(cc1OC)CCN(C(=O)CSC)[C@H]2Cc1c[nH]c2ccccc12. The van der Waals surface area contributed by atoms with Crippen LogP contribution in [0.3, 0.4) is 0 Å². The number of ether oxygens (including phenoxy) is 2. The highest BCUT2D eigenvalue weighted by atomic mass is 32.2. The van der Waals surface area contributed by atoms with Gasteiger partial charge >= 0.3 is 0 Å². The monoisotopic (exact) mass is 424 g/mol.